The normalized spacial score (nSPS) is 14.2. The number of ether oxygens (including phenoxy) is 1. The molecule has 1 amide bonds. The quantitative estimate of drug-likeness (QED) is 0.289. The Hall–Kier alpha value is -5.65. The van der Waals surface area contributed by atoms with Crippen LogP contribution in [0.15, 0.2) is 79.3 Å². The first-order valence-electron chi connectivity index (χ1n) is 13.2. The van der Waals surface area contributed by atoms with Gasteiger partial charge in [-0.2, -0.15) is 14.5 Å². The highest BCUT2D eigenvalue weighted by atomic mass is 19.1. The minimum atomic E-state index is -0.780. The van der Waals surface area contributed by atoms with Crippen molar-refractivity contribution in [3.63, 3.8) is 0 Å². The maximum Gasteiger partial charge on any atom is 0.252 e. The van der Waals surface area contributed by atoms with Gasteiger partial charge in [-0.15, -0.1) is 0 Å². The molecule has 208 valence electrons. The maximum atomic E-state index is 13.9. The van der Waals surface area contributed by atoms with Crippen molar-refractivity contribution in [2.75, 3.05) is 12.8 Å². The van der Waals surface area contributed by atoms with Crippen LogP contribution in [0.1, 0.15) is 33.9 Å². The number of carbonyl (C=O) groups excluding carboxylic acids is 1. The lowest BCUT2D eigenvalue weighted by atomic mass is 10.1. The first-order valence-corrected chi connectivity index (χ1v) is 13.2. The second kappa shape index (κ2) is 10.1. The van der Waals surface area contributed by atoms with Gasteiger partial charge in [-0.05, 0) is 66.4 Å². The third kappa shape index (κ3) is 4.38. The molecule has 0 saturated heterocycles. The van der Waals surface area contributed by atoms with Gasteiger partial charge in [0.15, 0.2) is 17.3 Å². The summed E-state index contributed by atoms with van der Waals surface area (Å²) < 4.78 is 22.6. The van der Waals surface area contributed by atoms with Gasteiger partial charge in [-0.3, -0.25) is 9.36 Å². The van der Waals surface area contributed by atoms with Gasteiger partial charge in [-0.1, -0.05) is 6.07 Å². The zero-order valence-corrected chi connectivity index (χ0v) is 22.4. The molecule has 7 rings (SSSR count). The van der Waals surface area contributed by atoms with Gasteiger partial charge in [-0.25, -0.2) is 19.6 Å². The number of nitrogen functional groups attached to an aromatic ring is 1. The van der Waals surface area contributed by atoms with Crippen LogP contribution in [0.25, 0.3) is 34.1 Å². The zero-order chi connectivity index (χ0) is 28.8. The van der Waals surface area contributed by atoms with E-state index in [-0.39, 0.29) is 17.5 Å². The smallest absolute Gasteiger partial charge is 0.252 e. The van der Waals surface area contributed by atoms with Gasteiger partial charge >= 0.3 is 0 Å². The number of anilines is 1. The number of nitrogens with zero attached hydrogens (tertiary/aromatic N) is 7. The Morgan fingerprint density at radius 2 is 1.98 bits per heavy atom. The van der Waals surface area contributed by atoms with Crippen molar-refractivity contribution in [2.45, 2.75) is 18.9 Å². The minimum Gasteiger partial charge on any atom is -0.481 e. The van der Waals surface area contributed by atoms with Crippen molar-refractivity contribution in [3.8, 4) is 28.8 Å². The monoisotopic (exact) mass is 561 g/mol. The van der Waals surface area contributed by atoms with Crippen molar-refractivity contribution < 1.29 is 13.9 Å². The SMILES string of the molecule is COc1cc(C(=O)N[C@H]2CCc3cc(-n4c(-c5cccnc5N)nc5ccc(-n6cccn6)nc54)ccc32)cc(F)n1. The number of fused-ring (bicyclic) bond motifs is 2. The third-order valence-corrected chi connectivity index (χ3v) is 7.32. The molecule has 1 aliphatic carbocycles. The van der Waals surface area contributed by atoms with Crippen molar-refractivity contribution >= 4 is 22.9 Å². The van der Waals surface area contributed by atoms with E-state index >= 15 is 0 Å². The van der Waals surface area contributed by atoms with Crippen LogP contribution in [-0.4, -0.2) is 47.3 Å². The number of methoxy groups -OCH3 is 1. The zero-order valence-electron chi connectivity index (χ0n) is 22.4. The lowest BCUT2D eigenvalue weighted by molar-refractivity contribution is 0.0935. The number of hydrogen-bond acceptors (Lipinski definition) is 8. The number of halogens is 1. The Morgan fingerprint density at radius 3 is 2.79 bits per heavy atom. The summed E-state index contributed by atoms with van der Waals surface area (Å²) in [4.78, 5) is 30.7. The predicted octanol–water partition coefficient (Wildman–Crippen LogP) is 4.21. The molecule has 42 heavy (non-hydrogen) atoms. The molecular weight excluding hydrogens is 537 g/mol. The van der Waals surface area contributed by atoms with E-state index in [0.29, 0.717) is 40.6 Å². The number of imidazole rings is 1. The van der Waals surface area contributed by atoms with Crippen molar-refractivity contribution in [1.82, 2.24) is 39.6 Å². The second-order valence-electron chi connectivity index (χ2n) is 9.84. The Bertz CT molecular complexity index is 1970. The van der Waals surface area contributed by atoms with Crippen molar-refractivity contribution in [1.29, 1.82) is 0 Å². The number of aryl methyl sites for hydroxylation is 1. The summed E-state index contributed by atoms with van der Waals surface area (Å²) in [6.45, 7) is 0. The number of amides is 1. The van der Waals surface area contributed by atoms with E-state index in [1.165, 1.54) is 13.2 Å². The molecule has 0 fully saturated rings. The summed E-state index contributed by atoms with van der Waals surface area (Å²) in [6.07, 6.45) is 6.60. The van der Waals surface area contributed by atoms with Gasteiger partial charge in [0.25, 0.3) is 5.91 Å². The van der Waals surface area contributed by atoms with E-state index in [2.05, 4.69) is 26.4 Å². The number of nitrogens with one attached hydrogen (secondary N) is 1. The van der Waals surface area contributed by atoms with E-state index in [0.717, 1.165) is 29.3 Å². The van der Waals surface area contributed by atoms with E-state index in [4.69, 9.17) is 20.4 Å². The van der Waals surface area contributed by atoms with Crippen LogP contribution >= 0.6 is 0 Å². The van der Waals surface area contributed by atoms with Gasteiger partial charge in [0.2, 0.25) is 11.8 Å². The van der Waals surface area contributed by atoms with Gasteiger partial charge in [0, 0.05) is 42.0 Å². The molecule has 1 aromatic carbocycles. The van der Waals surface area contributed by atoms with E-state index in [1.807, 2.05) is 53.2 Å². The lowest BCUT2D eigenvalue weighted by Gasteiger charge is -2.16. The van der Waals surface area contributed by atoms with Crippen LogP contribution in [0.2, 0.25) is 0 Å². The Balaban J connectivity index is 1.29. The number of benzene rings is 1. The van der Waals surface area contributed by atoms with Gasteiger partial charge in [0.1, 0.15) is 11.3 Å². The summed E-state index contributed by atoms with van der Waals surface area (Å²) in [5.41, 5.74) is 11.3. The van der Waals surface area contributed by atoms with Gasteiger partial charge < -0.3 is 15.8 Å². The highest BCUT2D eigenvalue weighted by molar-refractivity contribution is 5.94. The average Bonchev–Trinajstić information content (AvgIpc) is 3.76. The number of aromatic nitrogens is 7. The summed E-state index contributed by atoms with van der Waals surface area (Å²) in [5.74, 6) is 0.470. The molecule has 3 N–H and O–H groups in total. The van der Waals surface area contributed by atoms with Gasteiger partial charge in [0.05, 0.1) is 18.7 Å². The summed E-state index contributed by atoms with van der Waals surface area (Å²) in [6, 6.07) is 17.6. The molecule has 0 bridgehead atoms. The van der Waals surface area contributed by atoms with Crippen molar-refractivity contribution in [2.24, 2.45) is 0 Å². The molecule has 0 unspecified atom stereocenters. The fourth-order valence-electron chi connectivity index (χ4n) is 5.35. The number of hydrogen-bond donors (Lipinski definition) is 2. The fourth-order valence-corrected chi connectivity index (χ4v) is 5.35. The average molecular weight is 562 g/mol. The maximum absolute atomic E-state index is 13.9. The molecule has 5 aromatic heterocycles. The molecule has 5 heterocycles. The number of carbonyl (C=O) groups is 1. The second-order valence-corrected chi connectivity index (χ2v) is 9.84. The third-order valence-electron chi connectivity index (χ3n) is 7.32. The van der Waals surface area contributed by atoms with Crippen LogP contribution in [0, 0.1) is 5.95 Å². The number of rotatable bonds is 6. The first kappa shape index (κ1) is 25.3. The molecule has 0 aliphatic heterocycles. The largest absolute Gasteiger partial charge is 0.481 e. The standard InChI is InChI=1S/C30H24FN9O2/c1-42-26-16-18(15-24(31)37-26)30(41)36-22-8-5-17-14-19(6-7-20(17)22)40-28(21-4-2-11-33-27(21)32)35-23-9-10-25(38-29(23)40)39-13-3-12-34-39/h2-4,6-7,9-16,22H,5,8H2,1H3,(H2,32,33)(H,36,41)/t22-/m0/s1. The Morgan fingerprint density at radius 1 is 1.07 bits per heavy atom. The highest BCUT2D eigenvalue weighted by Crippen LogP contribution is 2.36. The topological polar surface area (TPSA) is 139 Å². The summed E-state index contributed by atoms with van der Waals surface area (Å²) in [7, 11) is 1.37. The number of pyridine rings is 3. The molecule has 6 aromatic rings. The summed E-state index contributed by atoms with van der Waals surface area (Å²) in [5, 5.41) is 7.35. The highest BCUT2D eigenvalue weighted by Gasteiger charge is 2.27. The molecule has 0 saturated carbocycles. The van der Waals surface area contributed by atoms with E-state index < -0.39 is 11.9 Å². The van der Waals surface area contributed by atoms with Crippen molar-refractivity contribution in [3.05, 3.63) is 102 Å². The lowest BCUT2D eigenvalue weighted by Crippen LogP contribution is -2.27. The minimum absolute atomic E-state index is 0.0403. The molecule has 12 heteroatoms. The number of nitrogens with two attached hydrogens (primary N) is 1. The first-order chi connectivity index (χ1) is 20.5. The van der Waals surface area contributed by atoms with E-state index in [9.17, 15) is 9.18 Å². The molecule has 1 aliphatic rings. The van der Waals surface area contributed by atoms with E-state index in [1.54, 1.807) is 17.1 Å². The molecule has 11 nitrogen and oxygen atoms in total. The Labute approximate surface area is 238 Å². The van der Waals surface area contributed by atoms with Crippen LogP contribution in [0.4, 0.5) is 10.2 Å². The molecule has 0 radical (unpaired) electrons. The molecule has 0 spiro atoms. The van der Waals surface area contributed by atoms with Crippen LogP contribution in [0.5, 0.6) is 5.88 Å². The van der Waals surface area contributed by atoms with Crippen LogP contribution in [-0.2, 0) is 6.42 Å². The molecular formula is C30H24FN9O2. The van der Waals surface area contributed by atoms with Crippen LogP contribution < -0.4 is 15.8 Å². The van der Waals surface area contributed by atoms with Crippen LogP contribution in [0.3, 0.4) is 0 Å². The summed E-state index contributed by atoms with van der Waals surface area (Å²) >= 11 is 0. The molecule has 1 atom stereocenters. The fraction of sp³-hybridized carbons (Fsp3) is 0.133. The predicted molar refractivity (Wildman–Crippen MR) is 153 cm³/mol. The Kier molecular flexibility index (Phi) is 6.07.